The minimum absolute atomic E-state index is 0.310. The largest absolute Gasteiger partial charge is 0.329 e. The first kappa shape index (κ1) is 14.8. The molecule has 0 spiro atoms. The molecule has 3 rings (SSSR count). The summed E-state index contributed by atoms with van der Waals surface area (Å²) < 4.78 is 0. The van der Waals surface area contributed by atoms with Crippen LogP contribution in [-0.2, 0) is 0 Å². The monoisotopic (exact) mass is 279 g/mol. The van der Waals surface area contributed by atoms with Gasteiger partial charge in [0.15, 0.2) is 0 Å². The molecule has 0 aromatic carbocycles. The lowest BCUT2D eigenvalue weighted by molar-refractivity contribution is 0.00750. The third-order valence-electron chi connectivity index (χ3n) is 7.21. The van der Waals surface area contributed by atoms with E-state index in [1.54, 1.807) is 0 Å². The summed E-state index contributed by atoms with van der Waals surface area (Å²) in [4.78, 5) is 5.44. The Hall–Kier alpha value is -0.120. The molecule has 2 unspecified atom stereocenters. The van der Waals surface area contributed by atoms with Crippen LogP contribution >= 0.6 is 0 Å². The van der Waals surface area contributed by atoms with E-state index >= 15 is 0 Å². The predicted molar refractivity (Wildman–Crippen MR) is 84.8 cm³/mol. The summed E-state index contributed by atoms with van der Waals surface area (Å²) in [5, 5.41) is 0. The van der Waals surface area contributed by atoms with Crippen molar-refractivity contribution < 1.29 is 0 Å². The maximum atomic E-state index is 6.33. The highest BCUT2D eigenvalue weighted by molar-refractivity contribution is 5.09. The lowest BCUT2D eigenvalue weighted by atomic mass is 9.79. The molecule has 2 atom stereocenters. The summed E-state index contributed by atoms with van der Waals surface area (Å²) in [6.07, 6.45) is 9.43. The number of hydrogen-bond acceptors (Lipinski definition) is 3. The zero-order chi connectivity index (χ0) is 14.4. The van der Waals surface area contributed by atoms with Crippen LogP contribution in [0, 0.1) is 5.41 Å². The lowest BCUT2D eigenvalue weighted by Crippen LogP contribution is -2.61. The van der Waals surface area contributed by atoms with Crippen LogP contribution in [0.1, 0.15) is 58.8 Å². The summed E-state index contributed by atoms with van der Waals surface area (Å²) in [5.41, 5.74) is 7.21. The Morgan fingerprint density at radius 2 is 1.70 bits per heavy atom. The van der Waals surface area contributed by atoms with Crippen molar-refractivity contribution in [3.8, 4) is 0 Å². The van der Waals surface area contributed by atoms with Crippen molar-refractivity contribution in [3.05, 3.63) is 0 Å². The summed E-state index contributed by atoms with van der Waals surface area (Å²) in [5.74, 6) is 0. The van der Waals surface area contributed by atoms with Gasteiger partial charge < -0.3 is 10.6 Å². The third-order valence-corrected chi connectivity index (χ3v) is 7.21. The molecule has 2 N–H and O–H groups in total. The van der Waals surface area contributed by atoms with Gasteiger partial charge in [-0.2, -0.15) is 0 Å². The molecule has 0 saturated carbocycles. The maximum Gasteiger partial charge on any atom is 0.0361 e. The number of fused-ring (bicyclic) bond motifs is 2. The van der Waals surface area contributed by atoms with Crippen molar-refractivity contribution in [2.24, 2.45) is 11.1 Å². The zero-order valence-electron chi connectivity index (χ0n) is 13.7. The highest BCUT2D eigenvalue weighted by Gasteiger charge is 2.51. The van der Waals surface area contributed by atoms with Crippen LogP contribution in [0.5, 0.6) is 0 Å². The van der Waals surface area contributed by atoms with Crippen molar-refractivity contribution in [1.29, 1.82) is 0 Å². The molecule has 0 aromatic rings. The molecular weight excluding hydrogens is 246 g/mol. The normalized spacial score (nSPS) is 41.4. The molecular formula is C17H33N3. The van der Waals surface area contributed by atoms with Gasteiger partial charge in [-0.15, -0.1) is 0 Å². The molecule has 2 bridgehead atoms. The lowest BCUT2D eigenvalue weighted by Gasteiger charge is -2.50. The van der Waals surface area contributed by atoms with Gasteiger partial charge in [0.1, 0.15) is 0 Å². The van der Waals surface area contributed by atoms with E-state index in [0.29, 0.717) is 11.0 Å². The average Bonchev–Trinajstić information content (AvgIpc) is 2.99. The van der Waals surface area contributed by atoms with Crippen molar-refractivity contribution >= 4 is 0 Å². The number of rotatable bonds is 4. The fourth-order valence-corrected chi connectivity index (χ4v) is 5.26. The minimum Gasteiger partial charge on any atom is -0.329 e. The zero-order valence-corrected chi connectivity index (χ0v) is 13.7. The Labute approximate surface area is 124 Å². The fourth-order valence-electron chi connectivity index (χ4n) is 5.26. The number of hydrogen-bond donors (Lipinski definition) is 1. The van der Waals surface area contributed by atoms with Crippen LogP contribution in [0.25, 0.3) is 0 Å². The molecule has 3 aliphatic heterocycles. The smallest absolute Gasteiger partial charge is 0.0361 e. The molecule has 3 heterocycles. The Bertz CT molecular complexity index is 336. The molecule has 0 radical (unpaired) electrons. The second-order valence-electron chi connectivity index (χ2n) is 7.77. The van der Waals surface area contributed by atoms with E-state index in [9.17, 15) is 0 Å². The van der Waals surface area contributed by atoms with E-state index in [-0.39, 0.29) is 0 Å². The first-order valence-corrected chi connectivity index (χ1v) is 8.75. The molecule has 3 fully saturated rings. The first-order chi connectivity index (χ1) is 9.58. The van der Waals surface area contributed by atoms with Gasteiger partial charge in [-0.3, -0.25) is 4.90 Å². The van der Waals surface area contributed by atoms with Gasteiger partial charge in [-0.25, -0.2) is 0 Å². The van der Waals surface area contributed by atoms with Gasteiger partial charge in [-0.1, -0.05) is 13.8 Å². The molecule has 116 valence electrons. The summed E-state index contributed by atoms with van der Waals surface area (Å²) in [6, 6.07) is 1.58. The molecule has 0 aromatic heterocycles. The SMILES string of the molecule is CCC1(CC)CCN(C2(CN)CC3CCC(C2)N3C)C1. The number of nitrogens with two attached hydrogens (primary N) is 1. The highest BCUT2D eigenvalue weighted by Crippen LogP contribution is 2.47. The molecule has 3 heteroatoms. The Morgan fingerprint density at radius 3 is 2.15 bits per heavy atom. The molecule has 20 heavy (non-hydrogen) atoms. The van der Waals surface area contributed by atoms with Crippen LogP contribution in [0.15, 0.2) is 0 Å². The second-order valence-corrected chi connectivity index (χ2v) is 7.77. The first-order valence-electron chi connectivity index (χ1n) is 8.75. The number of likely N-dealkylation sites (tertiary alicyclic amines) is 1. The van der Waals surface area contributed by atoms with Crippen molar-refractivity contribution in [1.82, 2.24) is 9.80 Å². The van der Waals surface area contributed by atoms with Crippen LogP contribution in [0.3, 0.4) is 0 Å². The summed E-state index contributed by atoms with van der Waals surface area (Å²) >= 11 is 0. The molecule has 3 nitrogen and oxygen atoms in total. The van der Waals surface area contributed by atoms with Gasteiger partial charge >= 0.3 is 0 Å². The van der Waals surface area contributed by atoms with E-state index in [1.807, 2.05) is 0 Å². The third kappa shape index (κ3) is 2.13. The Morgan fingerprint density at radius 1 is 1.10 bits per heavy atom. The maximum absolute atomic E-state index is 6.33. The average molecular weight is 279 g/mol. The predicted octanol–water partition coefficient (Wildman–Crippen LogP) is 2.45. The van der Waals surface area contributed by atoms with Gasteiger partial charge in [-0.05, 0) is 64.0 Å². The van der Waals surface area contributed by atoms with Crippen LogP contribution in [0.4, 0.5) is 0 Å². The van der Waals surface area contributed by atoms with E-state index in [1.165, 1.54) is 58.0 Å². The molecule has 3 saturated heterocycles. The molecule has 0 amide bonds. The van der Waals surface area contributed by atoms with Gasteiger partial charge in [0, 0.05) is 30.7 Å². The van der Waals surface area contributed by atoms with E-state index in [4.69, 9.17) is 5.73 Å². The van der Waals surface area contributed by atoms with Gasteiger partial charge in [0.2, 0.25) is 0 Å². The fraction of sp³-hybridized carbons (Fsp3) is 1.00. The minimum atomic E-state index is 0.310. The van der Waals surface area contributed by atoms with Crippen LogP contribution in [0.2, 0.25) is 0 Å². The summed E-state index contributed by atoms with van der Waals surface area (Å²) in [6.45, 7) is 8.18. The van der Waals surface area contributed by atoms with E-state index in [2.05, 4.69) is 30.7 Å². The molecule has 0 aliphatic carbocycles. The van der Waals surface area contributed by atoms with E-state index in [0.717, 1.165) is 18.6 Å². The van der Waals surface area contributed by atoms with Gasteiger partial charge in [0.05, 0.1) is 0 Å². The van der Waals surface area contributed by atoms with E-state index < -0.39 is 0 Å². The quantitative estimate of drug-likeness (QED) is 0.858. The Kier molecular flexibility index (Phi) is 3.89. The van der Waals surface area contributed by atoms with Crippen molar-refractivity contribution in [2.45, 2.75) is 76.4 Å². The Balaban J connectivity index is 1.78. The van der Waals surface area contributed by atoms with Crippen molar-refractivity contribution in [2.75, 3.05) is 26.7 Å². The number of piperidine rings is 1. The van der Waals surface area contributed by atoms with Crippen molar-refractivity contribution in [3.63, 3.8) is 0 Å². The van der Waals surface area contributed by atoms with Crippen LogP contribution in [-0.4, -0.2) is 54.1 Å². The topological polar surface area (TPSA) is 32.5 Å². The molecule has 3 aliphatic rings. The standard InChI is InChI=1S/C17H33N3/c1-4-16(5-2)8-9-20(13-16)17(12-18)10-14-6-7-15(11-17)19(14)3/h14-15H,4-13,18H2,1-3H3. The second kappa shape index (κ2) is 5.26. The van der Waals surface area contributed by atoms with Gasteiger partial charge in [0.25, 0.3) is 0 Å². The van der Waals surface area contributed by atoms with Crippen LogP contribution < -0.4 is 5.73 Å². The highest BCUT2D eigenvalue weighted by atomic mass is 15.3. The number of nitrogens with zero attached hydrogens (tertiary/aromatic N) is 2. The summed E-state index contributed by atoms with van der Waals surface area (Å²) in [7, 11) is 2.33.